The van der Waals surface area contributed by atoms with Crippen LogP contribution in [0.4, 0.5) is 0 Å². The van der Waals surface area contributed by atoms with Crippen molar-refractivity contribution in [1.82, 2.24) is 10.2 Å². The Morgan fingerprint density at radius 2 is 2.00 bits per heavy atom. The highest BCUT2D eigenvalue weighted by Gasteiger charge is 2.28. The minimum absolute atomic E-state index is 0.725. The van der Waals surface area contributed by atoms with Gasteiger partial charge in [0.05, 0.1) is 0 Å². The smallest absolute Gasteiger partial charge is 0.00939 e. The zero-order valence-corrected chi connectivity index (χ0v) is 11.1. The number of likely N-dealkylation sites (tertiary alicyclic amines) is 1. The van der Waals surface area contributed by atoms with Crippen LogP contribution in [0, 0.1) is 5.92 Å². The van der Waals surface area contributed by atoms with Crippen molar-refractivity contribution in [3.05, 3.63) is 0 Å². The van der Waals surface area contributed by atoms with E-state index in [4.69, 9.17) is 0 Å². The van der Waals surface area contributed by atoms with E-state index in [2.05, 4.69) is 44.8 Å². The summed E-state index contributed by atoms with van der Waals surface area (Å²) in [6.45, 7) is 14.0. The molecule has 0 aliphatic carbocycles. The van der Waals surface area contributed by atoms with Gasteiger partial charge in [-0.25, -0.2) is 0 Å². The van der Waals surface area contributed by atoms with Crippen molar-refractivity contribution in [2.75, 3.05) is 13.1 Å². The third-order valence-electron chi connectivity index (χ3n) is 3.91. The van der Waals surface area contributed by atoms with Crippen LogP contribution in [0.3, 0.4) is 0 Å². The first-order valence-corrected chi connectivity index (χ1v) is 6.55. The molecule has 3 atom stereocenters. The molecule has 1 rings (SSSR count). The van der Waals surface area contributed by atoms with E-state index in [1.165, 1.54) is 19.4 Å². The van der Waals surface area contributed by atoms with Gasteiger partial charge in [0.2, 0.25) is 0 Å². The summed E-state index contributed by atoms with van der Waals surface area (Å²) < 4.78 is 0. The van der Waals surface area contributed by atoms with Gasteiger partial charge in [0.25, 0.3) is 0 Å². The van der Waals surface area contributed by atoms with Crippen LogP contribution in [0.5, 0.6) is 0 Å². The number of hydrogen-bond donors (Lipinski definition) is 1. The minimum Gasteiger partial charge on any atom is -0.314 e. The first-order chi connectivity index (χ1) is 7.06. The molecular formula is C13H28N2. The third kappa shape index (κ3) is 3.46. The van der Waals surface area contributed by atoms with Crippen molar-refractivity contribution < 1.29 is 0 Å². The quantitative estimate of drug-likeness (QED) is 0.770. The second kappa shape index (κ2) is 5.86. The highest BCUT2D eigenvalue weighted by molar-refractivity contribution is 4.86. The lowest BCUT2D eigenvalue weighted by molar-refractivity contribution is 0.0740. The summed E-state index contributed by atoms with van der Waals surface area (Å²) in [5.41, 5.74) is 0. The molecule has 0 saturated carbocycles. The van der Waals surface area contributed by atoms with Crippen molar-refractivity contribution in [2.24, 2.45) is 5.92 Å². The maximum absolute atomic E-state index is 3.58. The van der Waals surface area contributed by atoms with E-state index in [0.29, 0.717) is 0 Å². The second-order valence-corrected chi connectivity index (χ2v) is 5.35. The summed E-state index contributed by atoms with van der Waals surface area (Å²) in [5.74, 6) is 0.767. The summed E-state index contributed by atoms with van der Waals surface area (Å²) in [5, 5.41) is 3.58. The van der Waals surface area contributed by atoms with Gasteiger partial charge in [-0.15, -0.1) is 0 Å². The predicted molar refractivity (Wildman–Crippen MR) is 67.2 cm³/mol. The van der Waals surface area contributed by atoms with Crippen LogP contribution in [0.2, 0.25) is 0 Å². The fraction of sp³-hybridized carbons (Fsp3) is 1.00. The van der Waals surface area contributed by atoms with Gasteiger partial charge < -0.3 is 5.32 Å². The number of nitrogens with one attached hydrogen (secondary N) is 1. The van der Waals surface area contributed by atoms with Crippen LogP contribution in [-0.2, 0) is 0 Å². The lowest BCUT2D eigenvalue weighted by Crippen LogP contribution is -2.51. The molecule has 0 aromatic carbocycles. The minimum atomic E-state index is 0.725. The molecule has 0 bridgehead atoms. The monoisotopic (exact) mass is 212 g/mol. The fourth-order valence-electron chi connectivity index (χ4n) is 2.65. The zero-order valence-electron chi connectivity index (χ0n) is 11.1. The Balaban J connectivity index is 2.45. The molecular weight excluding hydrogens is 184 g/mol. The van der Waals surface area contributed by atoms with Gasteiger partial charge in [0.15, 0.2) is 0 Å². The van der Waals surface area contributed by atoms with E-state index in [1.54, 1.807) is 0 Å². The molecule has 0 aromatic heterocycles. The Bertz CT molecular complexity index is 179. The van der Waals surface area contributed by atoms with E-state index in [0.717, 1.165) is 30.6 Å². The van der Waals surface area contributed by atoms with Crippen molar-refractivity contribution in [1.29, 1.82) is 0 Å². The van der Waals surface area contributed by atoms with Crippen molar-refractivity contribution in [3.63, 3.8) is 0 Å². The van der Waals surface area contributed by atoms with Gasteiger partial charge in [-0.2, -0.15) is 0 Å². The normalized spacial score (nSPS) is 30.8. The topological polar surface area (TPSA) is 15.3 Å². The molecule has 1 N–H and O–H groups in total. The molecule has 0 aromatic rings. The highest BCUT2D eigenvalue weighted by atomic mass is 15.2. The summed E-state index contributed by atoms with van der Waals surface area (Å²) in [4.78, 5) is 2.68. The Kier molecular flexibility index (Phi) is 5.07. The maximum Gasteiger partial charge on any atom is 0.00939 e. The van der Waals surface area contributed by atoms with Gasteiger partial charge in [-0.1, -0.05) is 20.8 Å². The molecule has 3 unspecified atom stereocenters. The van der Waals surface area contributed by atoms with Crippen LogP contribution in [0.25, 0.3) is 0 Å². The number of rotatable bonds is 4. The Hall–Kier alpha value is -0.0800. The summed E-state index contributed by atoms with van der Waals surface area (Å²) in [6, 6.07) is 2.21. The lowest BCUT2D eigenvalue weighted by Gasteiger charge is -2.43. The van der Waals surface area contributed by atoms with Crippen LogP contribution in [-0.4, -0.2) is 36.1 Å². The van der Waals surface area contributed by atoms with Crippen LogP contribution >= 0.6 is 0 Å². The van der Waals surface area contributed by atoms with E-state index in [9.17, 15) is 0 Å². The Labute approximate surface area is 95.4 Å². The standard InChI is InChI=1S/C13H28N2/c1-6-14-13-7-8-15(11(4)9-13)12(5)10(2)3/h10-14H,6-9H2,1-5H3. The first kappa shape index (κ1) is 13.0. The van der Waals surface area contributed by atoms with Crippen LogP contribution in [0.15, 0.2) is 0 Å². The Morgan fingerprint density at radius 3 is 2.47 bits per heavy atom. The Morgan fingerprint density at radius 1 is 1.33 bits per heavy atom. The van der Waals surface area contributed by atoms with Crippen molar-refractivity contribution in [2.45, 2.75) is 65.6 Å². The number of nitrogens with zero attached hydrogens (tertiary/aromatic N) is 1. The molecule has 0 amide bonds. The maximum atomic E-state index is 3.58. The molecule has 2 heteroatoms. The van der Waals surface area contributed by atoms with Gasteiger partial charge in [0, 0.05) is 24.7 Å². The van der Waals surface area contributed by atoms with E-state index in [-0.39, 0.29) is 0 Å². The zero-order chi connectivity index (χ0) is 11.4. The van der Waals surface area contributed by atoms with Crippen LogP contribution in [0.1, 0.15) is 47.5 Å². The van der Waals surface area contributed by atoms with Crippen LogP contribution < -0.4 is 5.32 Å². The molecule has 2 nitrogen and oxygen atoms in total. The molecule has 0 radical (unpaired) electrons. The molecule has 1 aliphatic heterocycles. The molecule has 1 aliphatic rings. The molecule has 15 heavy (non-hydrogen) atoms. The predicted octanol–water partition coefficient (Wildman–Crippen LogP) is 2.49. The number of hydrogen-bond acceptors (Lipinski definition) is 2. The average Bonchev–Trinajstić information content (AvgIpc) is 2.17. The summed E-state index contributed by atoms with van der Waals surface area (Å²) >= 11 is 0. The van der Waals surface area contributed by atoms with Gasteiger partial charge in [-0.05, 0) is 39.2 Å². The number of piperidine rings is 1. The summed E-state index contributed by atoms with van der Waals surface area (Å²) in [7, 11) is 0. The molecule has 1 heterocycles. The second-order valence-electron chi connectivity index (χ2n) is 5.35. The largest absolute Gasteiger partial charge is 0.314 e. The molecule has 1 saturated heterocycles. The lowest BCUT2D eigenvalue weighted by atomic mass is 9.93. The van der Waals surface area contributed by atoms with E-state index >= 15 is 0 Å². The highest BCUT2D eigenvalue weighted by Crippen LogP contribution is 2.22. The molecule has 90 valence electrons. The van der Waals surface area contributed by atoms with Crippen molar-refractivity contribution in [3.8, 4) is 0 Å². The third-order valence-corrected chi connectivity index (χ3v) is 3.91. The first-order valence-electron chi connectivity index (χ1n) is 6.55. The van der Waals surface area contributed by atoms with Gasteiger partial charge in [0.1, 0.15) is 0 Å². The van der Waals surface area contributed by atoms with E-state index in [1.807, 2.05) is 0 Å². The average molecular weight is 212 g/mol. The molecule has 1 fully saturated rings. The van der Waals surface area contributed by atoms with E-state index < -0.39 is 0 Å². The fourth-order valence-corrected chi connectivity index (χ4v) is 2.65. The summed E-state index contributed by atoms with van der Waals surface area (Å²) in [6.07, 6.45) is 2.63. The SMILES string of the molecule is CCNC1CCN(C(C)C(C)C)C(C)C1. The van der Waals surface area contributed by atoms with Gasteiger partial charge in [-0.3, -0.25) is 4.90 Å². The van der Waals surface area contributed by atoms with Gasteiger partial charge >= 0.3 is 0 Å². The molecule has 0 spiro atoms. The van der Waals surface area contributed by atoms with Crippen molar-refractivity contribution >= 4 is 0 Å².